The molecule has 4 nitrogen and oxygen atoms in total. The Morgan fingerprint density at radius 2 is 1.79 bits per heavy atom. The molecule has 4 N–H and O–H groups in total. The van der Waals surface area contributed by atoms with E-state index in [1.54, 1.807) is 12.1 Å². The average molecular weight is 320 g/mol. The van der Waals surface area contributed by atoms with Crippen molar-refractivity contribution in [3.63, 3.8) is 0 Å². The lowest BCUT2D eigenvalue weighted by Crippen LogP contribution is -2.19. The van der Waals surface area contributed by atoms with Gasteiger partial charge in [0.15, 0.2) is 0 Å². The smallest absolute Gasteiger partial charge is 0.316 e. The zero-order chi connectivity index (χ0) is 13.7. The molecular weight excluding hydrogens is 306 g/mol. The van der Waals surface area contributed by atoms with Crippen LogP contribution >= 0.6 is 15.9 Å². The molecule has 2 aromatic rings. The number of primary amides is 1. The topological polar surface area (TPSA) is 67.2 Å². The Morgan fingerprint density at radius 3 is 2.42 bits per heavy atom. The fourth-order valence-electron chi connectivity index (χ4n) is 1.66. The molecule has 0 saturated carbocycles. The number of hydrogen-bond donors (Lipinski definition) is 3. The molecule has 0 saturated heterocycles. The molecule has 0 aliphatic heterocycles. The third kappa shape index (κ3) is 4.30. The number of rotatable bonds is 4. The van der Waals surface area contributed by atoms with Crippen molar-refractivity contribution in [3.8, 4) is 0 Å². The third-order valence-corrected chi connectivity index (χ3v) is 3.03. The molecule has 0 bridgehead atoms. The van der Waals surface area contributed by atoms with Gasteiger partial charge in [-0.15, -0.1) is 0 Å². The number of hydrogen-bond acceptors (Lipinski definition) is 2. The van der Waals surface area contributed by atoms with Crippen molar-refractivity contribution < 1.29 is 4.79 Å². The number of carbonyl (C=O) groups is 1. The molecule has 2 aromatic carbocycles. The van der Waals surface area contributed by atoms with Crippen LogP contribution in [0, 0.1) is 0 Å². The summed E-state index contributed by atoms with van der Waals surface area (Å²) in [5.74, 6) is 0. The van der Waals surface area contributed by atoms with Gasteiger partial charge in [0.1, 0.15) is 0 Å². The van der Waals surface area contributed by atoms with Gasteiger partial charge in [-0.2, -0.15) is 0 Å². The average Bonchev–Trinajstić information content (AvgIpc) is 2.37. The van der Waals surface area contributed by atoms with Gasteiger partial charge in [-0.3, -0.25) is 0 Å². The first kappa shape index (κ1) is 13.4. The van der Waals surface area contributed by atoms with Crippen molar-refractivity contribution in [1.29, 1.82) is 0 Å². The number of amides is 2. The van der Waals surface area contributed by atoms with Crippen LogP contribution in [0.2, 0.25) is 0 Å². The molecular formula is C14H14BrN3O. The minimum Gasteiger partial charge on any atom is -0.381 e. The number of nitrogens with two attached hydrogens (primary N) is 1. The van der Waals surface area contributed by atoms with Gasteiger partial charge in [-0.1, -0.05) is 28.1 Å². The van der Waals surface area contributed by atoms with Crippen LogP contribution in [0.1, 0.15) is 5.56 Å². The van der Waals surface area contributed by atoms with E-state index in [1.165, 1.54) is 5.56 Å². The van der Waals surface area contributed by atoms with Gasteiger partial charge >= 0.3 is 6.03 Å². The second-order valence-corrected chi connectivity index (χ2v) is 4.97. The van der Waals surface area contributed by atoms with Crippen molar-refractivity contribution in [2.75, 3.05) is 10.6 Å². The maximum absolute atomic E-state index is 10.7. The maximum Gasteiger partial charge on any atom is 0.316 e. The minimum atomic E-state index is -0.560. The van der Waals surface area contributed by atoms with Gasteiger partial charge in [-0.05, 0) is 42.0 Å². The summed E-state index contributed by atoms with van der Waals surface area (Å²) in [5.41, 5.74) is 7.89. The number of halogens is 1. The van der Waals surface area contributed by atoms with Gasteiger partial charge in [0.25, 0.3) is 0 Å². The number of nitrogens with one attached hydrogen (secondary N) is 2. The van der Waals surface area contributed by atoms with Gasteiger partial charge in [0.05, 0.1) is 0 Å². The van der Waals surface area contributed by atoms with E-state index in [2.05, 4.69) is 38.7 Å². The minimum absolute atomic E-state index is 0.560. The second-order valence-electron chi connectivity index (χ2n) is 4.05. The summed E-state index contributed by atoms with van der Waals surface area (Å²) in [6.45, 7) is 0.738. The highest BCUT2D eigenvalue weighted by Crippen LogP contribution is 2.16. The first-order valence-corrected chi connectivity index (χ1v) is 6.57. The van der Waals surface area contributed by atoms with E-state index in [0.29, 0.717) is 5.69 Å². The van der Waals surface area contributed by atoms with Crippen molar-refractivity contribution in [1.82, 2.24) is 0 Å². The van der Waals surface area contributed by atoms with Crippen molar-refractivity contribution in [2.45, 2.75) is 6.54 Å². The summed E-state index contributed by atoms with van der Waals surface area (Å²) < 4.78 is 1.06. The Morgan fingerprint density at radius 1 is 1.11 bits per heavy atom. The molecule has 98 valence electrons. The Kier molecular flexibility index (Phi) is 4.41. The second kappa shape index (κ2) is 6.24. The number of anilines is 2. The molecule has 0 aromatic heterocycles. The first-order valence-electron chi connectivity index (χ1n) is 5.78. The molecule has 0 unspecified atom stereocenters. The summed E-state index contributed by atoms with van der Waals surface area (Å²) >= 11 is 3.44. The third-order valence-electron chi connectivity index (χ3n) is 2.54. The highest BCUT2D eigenvalue weighted by Gasteiger charge is 1.97. The lowest BCUT2D eigenvalue weighted by molar-refractivity contribution is 0.259. The van der Waals surface area contributed by atoms with Crippen LogP contribution < -0.4 is 16.4 Å². The fraction of sp³-hybridized carbons (Fsp3) is 0.0714. The lowest BCUT2D eigenvalue weighted by atomic mass is 10.2. The summed E-state index contributed by atoms with van der Waals surface area (Å²) in [4.78, 5) is 10.7. The van der Waals surface area contributed by atoms with E-state index in [0.717, 1.165) is 16.7 Å². The molecule has 2 rings (SSSR count). The number of benzene rings is 2. The molecule has 0 heterocycles. The summed E-state index contributed by atoms with van der Waals surface area (Å²) in [6.07, 6.45) is 0. The standard InChI is InChI=1S/C14H14BrN3O/c15-11-3-1-2-10(8-11)9-17-12-4-6-13(7-5-12)18-14(16)19/h1-8,17H,9H2,(H3,16,18,19). The van der Waals surface area contributed by atoms with Crippen molar-refractivity contribution in [3.05, 3.63) is 58.6 Å². The van der Waals surface area contributed by atoms with Crippen LogP contribution in [0.5, 0.6) is 0 Å². The molecule has 19 heavy (non-hydrogen) atoms. The molecule has 0 spiro atoms. The Hall–Kier alpha value is -2.01. The van der Waals surface area contributed by atoms with Crippen LogP contribution in [-0.4, -0.2) is 6.03 Å². The van der Waals surface area contributed by atoms with E-state index in [9.17, 15) is 4.79 Å². The van der Waals surface area contributed by atoms with Gasteiger partial charge < -0.3 is 16.4 Å². The zero-order valence-corrected chi connectivity index (χ0v) is 11.8. The lowest BCUT2D eigenvalue weighted by Gasteiger charge is -2.08. The highest BCUT2D eigenvalue weighted by atomic mass is 79.9. The predicted octanol–water partition coefficient (Wildman–Crippen LogP) is 3.55. The molecule has 5 heteroatoms. The molecule has 0 radical (unpaired) electrons. The predicted molar refractivity (Wildman–Crippen MR) is 81.1 cm³/mol. The molecule has 2 amide bonds. The summed E-state index contributed by atoms with van der Waals surface area (Å²) in [7, 11) is 0. The number of carbonyl (C=O) groups excluding carboxylic acids is 1. The highest BCUT2D eigenvalue weighted by molar-refractivity contribution is 9.10. The van der Waals surface area contributed by atoms with Crippen LogP contribution in [0.25, 0.3) is 0 Å². The van der Waals surface area contributed by atoms with Crippen LogP contribution in [0.3, 0.4) is 0 Å². The Bertz CT molecular complexity index is 569. The van der Waals surface area contributed by atoms with Gasteiger partial charge in [0.2, 0.25) is 0 Å². The number of urea groups is 1. The van der Waals surface area contributed by atoms with E-state index >= 15 is 0 Å². The van der Waals surface area contributed by atoms with E-state index in [1.807, 2.05) is 24.3 Å². The van der Waals surface area contributed by atoms with Crippen LogP contribution in [-0.2, 0) is 6.54 Å². The Balaban J connectivity index is 1.94. The fourth-order valence-corrected chi connectivity index (χ4v) is 2.11. The van der Waals surface area contributed by atoms with Crippen LogP contribution in [0.4, 0.5) is 16.2 Å². The summed E-state index contributed by atoms with van der Waals surface area (Å²) in [6, 6.07) is 14.9. The van der Waals surface area contributed by atoms with Crippen molar-refractivity contribution >= 4 is 33.3 Å². The van der Waals surface area contributed by atoms with Crippen LogP contribution in [0.15, 0.2) is 53.0 Å². The molecule has 0 fully saturated rings. The monoisotopic (exact) mass is 319 g/mol. The molecule has 0 aliphatic carbocycles. The maximum atomic E-state index is 10.7. The quantitative estimate of drug-likeness (QED) is 0.806. The van der Waals surface area contributed by atoms with E-state index < -0.39 is 6.03 Å². The van der Waals surface area contributed by atoms with Crippen molar-refractivity contribution in [2.24, 2.45) is 5.73 Å². The largest absolute Gasteiger partial charge is 0.381 e. The van der Waals surface area contributed by atoms with Gasteiger partial charge in [-0.25, -0.2) is 4.79 Å². The first-order chi connectivity index (χ1) is 9.13. The Labute approximate surface area is 120 Å². The van der Waals surface area contributed by atoms with E-state index in [-0.39, 0.29) is 0 Å². The molecule has 0 aliphatic rings. The molecule has 0 atom stereocenters. The SMILES string of the molecule is NC(=O)Nc1ccc(NCc2cccc(Br)c2)cc1. The normalized spacial score (nSPS) is 9.95. The van der Waals surface area contributed by atoms with Gasteiger partial charge in [0, 0.05) is 22.4 Å². The van der Waals surface area contributed by atoms with E-state index in [4.69, 9.17) is 5.73 Å². The summed E-state index contributed by atoms with van der Waals surface area (Å²) in [5, 5.41) is 5.82. The zero-order valence-electron chi connectivity index (χ0n) is 10.2.